The smallest absolute Gasteiger partial charge is 0.325 e. The van der Waals surface area contributed by atoms with Crippen molar-refractivity contribution >= 4 is 23.5 Å². The summed E-state index contributed by atoms with van der Waals surface area (Å²) in [6, 6.07) is 16.6. The lowest BCUT2D eigenvalue weighted by atomic mass is 10.1. The first-order valence-electron chi connectivity index (χ1n) is 9.10. The highest BCUT2D eigenvalue weighted by molar-refractivity contribution is 6.01. The predicted octanol–water partition coefficient (Wildman–Crippen LogP) is 3.17. The van der Waals surface area contributed by atoms with Gasteiger partial charge in [0.15, 0.2) is 0 Å². The molecular weight excluding hydrogens is 384 g/mol. The minimum Gasteiger partial charge on any atom is -0.457 e. The molecule has 3 aromatic rings. The van der Waals surface area contributed by atoms with Crippen molar-refractivity contribution in [3.63, 3.8) is 0 Å². The molecule has 2 aromatic carbocycles. The van der Waals surface area contributed by atoms with Gasteiger partial charge >= 0.3 is 6.03 Å². The van der Waals surface area contributed by atoms with Crippen LogP contribution in [0.3, 0.4) is 0 Å². The summed E-state index contributed by atoms with van der Waals surface area (Å²) in [4.78, 5) is 39.2. The Labute approximate surface area is 173 Å². The summed E-state index contributed by atoms with van der Waals surface area (Å²) in [6.07, 6.45) is 1.54. The molecule has 0 fully saturated rings. The highest BCUT2D eigenvalue weighted by atomic mass is 16.5. The fourth-order valence-corrected chi connectivity index (χ4v) is 2.69. The Bertz CT molecular complexity index is 1080. The molecule has 0 spiro atoms. The van der Waals surface area contributed by atoms with Gasteiger partial charge in [-0.25, -0.2) is 4.79 Å². The molecule has 4 amide bonds. The number of carbonyl (C=O) groups excluding carboxylic acids is 3. The van der Waals surface area contributed by atoms with Crippen LogP contribution in [0, 0.1) is 6.92 Å². The summed E-state index contributed by atoms with van der Waals surface area (Å²) < 4.78 is 5.76. The Morgan fingerprint density at radius 1 is 1.03 bits per heavy atom. The Balaban J connectivity index is 1.59. The lowest BCUT2D eigenvalue weighted by Gasteiger charge is -2.12. The van der Waals surface area contributed by atoms with Crippen LogP contribution in [0.5, 0.6) is 11.5 Å². The van der Waals surface area contributed by atoms with Gasteiger partial charge in [0.25, 0.3) is 5.91 Å². The molecule has 0 aliphatic carbocycles. The highest BCUT2D eigenvalue weighted by Gasteiger charge is 2.11. The summed E-state index contributed by atoms with van der Waals surface area (Å²) in [5, 5.41) is 4.91. The van der Waals surface area contributed by atoms with Crippen molar-refractivity contribution in [2.24, 2.45) is 5.73 Å². The first-order chi connectivity index (χ1) is 14.4. The van der Waals surface area contributed by atoms with Crippen molar-refractivity contribution in [3.05, 3.63) is 83.7 Å². The molecule has 0 atom stereocenters. The summed E-state index contributed by atoms with van der Waals surface area (Å²) in [6.45, 7) is 1.80. The third-order valence-electron chi connectivity index (χ3n) is 4.10. The number of nitrogens with one attached hydrogen (secondary N) is 2. The number of rotatable bonds is 6. The molecule has 8 heteroatoms. The number of anilines is 1. The van der Waals surface area contributed by atoms with Gasteiger partial charge in [0, 0.05) is 18.0 Å². The van der Waals surface area contributed by atoms with E-state index in [1.165, 1.54) is 12.3 Å². The molecule has 0 aliphatic heterocycles. The van der Waals surface area contributed by atoms with Crippen molar-refractivity contribution in [2.75, 3.05) is 5.32 Å². The lowest BCUT2D eigenvalue weighted by Crippen LogP contribution is -2.35. The molecule has 0 radical (unpaired) electrons. The number of pyridine rings is 1. The minimum absolute atomic E-state index is 0.0975. The number of hydrogen-bond donors (Lipinski definition) is 3. The number of primary amides is 1. The van der Waals surface area contributed by atoms with Gasteiger partial charge in [-0.05, 0) is 42.3 Å². The van der Waals surface area contributed by atoms with Crippen molar-refractivity contribution in [3.8, 4) is 11.5 Å². The van der Waals surface area contributed by atoms with E-state index in [1.807, 2.05) is 30.3 Å². The Hall–Kier alpha value is -4.20. The van der Waals surface area contributed by atoms with Gasteiger partial charge in [-0.2, -0.15) is 0 Å². The summed E-state index contributed by atoms with van der Waals surface area (Å²) >= 11 is 0. The molecule has 3 rings (SSSR count). The van der Waals surface area contributed by atoms with Crippen molar-refractivity contribution in [1.82, 2.24) is 10.3 Å². The van der Waals surface area contributed by atoms with Gasteiger partial charge in [0.1, 0.15) is 17.2 Å². The molecule has 152 valence electrons. The number of ether oxygens (including phenoxy) is 1. The van der Waals surface area contributed by atoms with Gasteiger partial charge in [-0.15, -0.1) is 0 Å². The zero-order valence-electron chi connectivity index (χ0n) is 16.2. The zero-order chi connectivity index (χ0) is 21.5. The van der Waals surface area contributed by atoms with E-state index in [2.05, 4.69) is 15.6 Å². The summed E-state index contributed by atoms with van der Waals surface area (Å²) in [5.74, 6) is -0.113. The van der Waals surface area contributed by atoms with Crippen LogP contribution in [0.1, 0.15) is 21.6 Å². The van der Waals surface area contributed by atoms with E-state index in [0.717, 1.165) is 11.1 Å². The maximum atomic E-state index is 12.1. The predicted molar refractivity (Wildman–Crippen MR) is 111 cm³/mol. The molecule has 0 bridgehead atoms. The number of urea groups is 1. The second-order valence-corrected chi connectivity index (χ2v) is 6.49. The monoisotopic (exact) mass is 404 g/mol. The van der Waals surface area contributed by atoms with E-state index in [9.17, 15) is 14.4 Å². The molecule has 0 unspecified atom stereocenters. The van der Waals surface area contributed by atoms with Crippen LogP contribution in [0.2, 0.25) is 0 Å². The summed E-state index contributed by atoms with van der Waals surface area (Å²) in [5.41, 5.74) is 7.37. The van der Waals surface area contributed by atoms with Gasteiger partial charge in [-0.3, -0.25) is 19.9 Å². The third kappa shape index (κ3) is 5.65. The molecule has 4 N–H and O–H groups in total. The number of hydrogen-bond acceptors (Lipinski definition) is 5. The maximum absolute atomic E-state index is 12.1. The minimum atomic E-state index is -0.649. The number of amides is 4. The van der Waals surface area contributed by atoms with Crippen LogP contribution >= 0.6 is 0 Å². The third-order valence-corrected chi connectivity index (χ3v) is 4.10. The lowest BCUT2D eigenvalue weighted by molar-refractivity contribution is -0.119. The molecule has 0 saturated carbocycles. The van der Waals surface area contributed by atoms with E-state index in [-0.39, 0.29) is 12.1 Å². The molecule has 0 aliphatic rings. The highest BCUT2D eigenvalue weighted by Crippen LogP contribution is 2.27. The van der Waals surface area contributed by atoms with Crippen molar-refractivity contribution in [2.45, 2.75) is 13.3 Å². The van der Waals surface area contributed by atoms with Crippen molar-refractivity contribution < 1.29 is 19.1 Å². The summed E-state index contributed by atoms with van der Waals surface area (Å²) in [7, 11) is 0. The molecule has 30 heavy (non-hydrogen) atoms. The molecule has 1 aromatic heterocycles. The Morgan fingerprint density at radius 3 is 2.50 bits per heavy atom. The normalized spacial score (nSPS) is 10.2. The molecule has 0 saturated heterocycles. The van der Waals surface area contributed by atoms with E-state index in [0.29, 0.717) is 17.2 Å². The number of nitrogens with two attached hydrogens (primary N) is 1. The van der Waals surface area contributed by atoms with Crippen LogP contribution in [0.25, 0.3) is 0 Å². The maximum Gasteiger partial charge on any atom is 0.325 e. The van der Waals surface area contributed by atoms with Gasteiger partial charge < -0.3 is 15.8 Å². The number of aryl methyl sites for hydroxylation is 1. The average Bonchev–Trinajstić information content (AvgIpc) is 2.71. The first kappa shape index (κ1) is 20.5. The second-order valence-electron chi connectivity index (χ2n) is 6.49. The van der Waals surface area contributed by atoms with Crippen molar-refractivity contribution in [1.29, 1.82) is 0 Å². The largest absolute Gasteiger partial charge is 0.457 e. The fraction of sp³-hybridized carbons (Fsp3) is 0.0909. The molecular formula is C22H20N4O4. The number of benzene rings is 2. The van der Waals surface area contributed by atoms with Gasteiger partial charge in [0.05, 0.1) is 6.42 Å². The Morgan fingerprint density at radius 2 is 1.80 bits per heavy atom. The SMILES string of the molecule is Cc1cc(NC(=O)NC(=O)Cc2ccccc2)ccc1Oc1ccnc(C(N)=O)c1. The number of nitrogens with zero attached hydrogens (tertiary/aromatic N) is 1. The average molecular weight is 404 g/mol. The van der Waals surface area contributed by atoms with Crippen LogP contribution in [-0.2, 0) is 11.2 Å². The molecule has 8 nitrogen and oxygen atoms in total. The zero-order valence-corrected chi connectivity index (χ0v) is 16.2. The van der Waals surface area contributed by atoms with Crippen LogP contribution in [0.15, 0.2) is 66.9 Å². The standard InChI is InChI=1S/C22H20N4O4/c1-14-11-16(25-22(29)26-20(27)12-15-5-3-2-4-6-15)7-8-19(14)30-17-9-10-24-18(13-17)21(23)28/h2-11,13H,12H2,1H3,(H2,23,28)(H2,25,26,27,29). The van der Waals surface area contributed by atoms with Gasteiger partial charge in [0.2, 0.25) is 5.91 Å². The molecule has 1 heterocycles. The number of carbonyl (C=O) groups is 3. The number of imide groups is 1. The van der Waals surface area contributed by atoms with Crippen LogP contribution in [-0.4, -0.2) is 22.8 Å². The first-order valence-corrected chi connectivity index (χ1v) is 9.10. The van der Waals surface area contributed by atoms with Gasteiger partial charge in [-0.1, -0.05) is 30.3 Å². The van der Waals surface area contributed by atoms with E-state index >= 15 is 0 Å². The second kappa shape index (κ2) is 9.33. The van der Waals surface area contributed by atoms with E-state index in [1.54, 1.807) is 31.2 Å². The number of aromatic nitrogens is 1. The quantitative estimate of drug-likeness (QED) is 0.582. The van der Waals surface area contributed by atoms with E-state index < -0.39 is 17.8 Å². The topological polar surface area (TPSA) is 123 Å². The Kier molecular flexibility index (Phi) is 6.39. The fourth-order valence-electron chi connectivity index (χ4n) is 2.69. The van der Waals surface area contributed by atoms with E-state index in [4.69, 9.17) is 10.5 Å². The van der Waals surface area contributed by atoms with Crippen LogP contribution < -0.4 is 21.1 Å². The van der Waals surface area contributed by atoms with Crippen LogP contribution in [0.4, 0.5) is 10.5 Å².